The van der Waals surface area contributed by atoms with Gasteiger partial charge in [0.05, 0.1) is 5.02 Å². The number of hydrogen-bond acceptors (Lipinski definition) is 4. The molecule has 1 saturated heterocycles. The van der Waals surface area contributed by atoms with Gasteiger partial charge in [0.2, 0.25) is 0 Å². The Morgan fingerprint density at radius 1 is 1.27 bits per heavy atom. The van der Waals surface area contributed by atoms with Crippen LogP contribution in [0.5, 0.6) is 11.5 Å². The lowest BCUT2D eigenvalue weighted by atomic mass is 9.95. The molecular formula is C20H29ClN2O3. The number of likely N-dealkylation sites (tertiary alicyclic amines) is 1. The summed E-state index contributed by atoms with van der Waals surface area (Å²) in [5.74, 6) is 1.81. The van der Waals surface area contributed by atoms with E-state index in [1.807, 2.05) is 4.90 Å². The van der Waals surface area contributed by atoms with Gasteiger partial charge in [-0.05, 0) is 50.9 Å². The number of fused-ring (bicyclic) bond motifs is 1. The lowest BCUT2D eigenvalue weighted by Crippen LogP contribution is -2.41. The molecule has 3 rings (SSSR count). The van der Waals surface area contributed by atoms with Gasteiger partial charge in [-0.2, -0.15) is 0 Å². The summed E-state index contributed by atoms with van der Waals surface area (Å²) in [5.41, 5.74) is 0.581. The van der Waals surface area contributed by atoms with Crippen LogP contribution in [0.1, 0.15) is 43.0 Å². The van der Waals surface area contributed by atoms with Crippen LogP contribution in [0.25, 0.3) is 0 Å². The van der Waals surface area contributed by atoms with Gasteiger partial charge in [-0.1, -0.05) is 24.9 Å². The summed E-state index contributed by atoms with van der Waals surface area (Å²) in [4.78, 5) is 17.2. The second-order valence-electron chi connectivity index (χ2n) is 7.33. The summed E-state index contributed by atoms with van der Waals surface area (Å²) in [6, 6.07) is 3.45. The van der Waals surface area contributed by atoms with Crippen LogP contribution in [0.4, 0.5) is 0 Å². The Hall–Kier alpha value is -1.46. The predicted molar refractivity (Wildman–Crippen MR) is 103 cm³/mol. The van der Waals surface area contributed by atoms with Crippen LogP contribution in [-0.4, -0.2) is 62.1 Å². The smallest absolute Gasteiger partial charge is 0.254 e. The van der Waals surface area contributed by atoms with Gasteiger partial charge in [-0.25, -0.2) is 0 Å². The Morgan fingerprint density at radius 3 is 2.73 bits per heavy atom. The first-order valence-corrected chi connectivity index (χ1v) is 10.0. The quantitative estimate of drug-likeness (QED) is 0.754. The van der Waals surface area contributed by atoms with Gasteiger partial charge >= 0.3 is 0 Å². The normalized spacial score (nSPS) is 17.6. The predicted octanol–water partition coefficient (Wildman–Crippen LogP) is 3.70. The summed E-state index contributed by atoms with van der Waals surface area (Å²) < 4.78 is 11.1. The minimum Gasteiger partial charge on any atom is -0.486 e. The van der Waals surface area contributed by atoms with Gasteiger partial charge in [-0.3, -0.25) is 4.79 Å². The van der Waals surface area contributed by atoms with Crippen LogP contribution in [0.2, 0.25) is 5.02 Å². The molecule has 6 heteroatoms. The van der Waals surface area contributed by atoms with Crippen LogP contribution >= 0.6 is 11.6 Å². The van der Waals surface area contributed by atoms with Crippen molar-refractivity contribution in [2.45, 2.75) is 32.6 Å². The molecule has 0 N–H and O–H groups in total. The van der Waals surface area contributed by atoms with Crippen molar-refractivity contribution in [1.29, 1.82) is 0 Å². The number of carbonyl (C=O) groups is 1. The first-order chi connectivity index (χ1) is 12.6. The summed E-state index contributed by atoms with van der Waals surface area (Å²) in [6.07, 6.45) is 4.59. The van der Waals surface area contributed by atoms with Gasteiger partial charge in [0.25, 0.3) is 5.91 Å². The van der Waals surface area contributed by atoms with Gasteiger partial charge in [0.15, 0.2) is 11.5 Å². The van der Waals surface area contributed by atoms with Crippen molar-refractivity contribution >= 4 is 17.5 Å². The van der Waals surface area contributed by atoms with Crippen LogP contribution < -0.4 is 9.47 Å². The van der Waals surface area contributed by atoms with E-state index in [-0.39, 0.29) is 5.91 Å². The number of amides is 1. The third kappa shape index (κ3) is 4.63. The molecule has 1 aromatic rings. The first kappa shape index (κ1) is 19.3. The van der Waals surface area contributed by atoms with Crippen molar-refractivity contribution in [1.82, 2.24) is 9.80 Å². The van der Waals surface area contributed by atoms with Crippen molar-refractivity contribution in [3.63, 3.8) is 0 Å². The highest BCUT2D eigenvalue weighted by Crippen LogP contribution is 2.38. The Bertz CT molecular complexity index is 630. The number of unbranched alkanes of at least 4 members (excludes halogenated alkanes) is 1. The molecule has 0 aliphatic carbocycles. The zero-order valence-corrected chi connectivity index (χ0v) is 16.6. The third-order valence-corrected chi connectivity index (χ3v) is 5.49. The minimum absolute atomic E-state index is 0.0293. The highest BCUT2D eigenvalue weighted by molar-refractivity contribution is 6.32. The second-order valence-corrected chi connectivity index (χ2v) is 7.74. The monoisotopic (exact) mass is 380 g/mol. The van der Waals surface area contributed by atoms with E-state index in [9.17, 15) is 4.79 Å². The van der Waals surface area contributed by atoms with E-state index in [2.05, 4.69) is 18.9 Å². The molecule has 1 aromatic carbocycles. The van der Waals surface area contributed by atoms with Crippen molar-refractivity contribution in [2.24, 2.45) is 5.92 Å². The van der Waals surface area contributed by atoms with E-state index in [0.29, 0.717) is 41.2 Å². The van der Waals surface area contributed by atoms with Crippen LogP contribution in [0, 0.1) is 5.92 Å². The summed E-state index contributed by atoms with van der Waals surface area (Å²) in [7, 11) is 2.20. The molecule has 144 valence electrons. The molecule has 0 bridgehead atoms. The molecule has 26 heavy (non-hydrogen) atoms. The molecule has 2 aliphatic rings. The van der Waals surface area contributed by atoms with Gasteiger partial charge in [0.1, 0.15) is 13.2 Å². The molecular weight excluding hydrogens is 352 g/mol. The lowest BCUT2D eigenvalue weighted by molar-refractivity contribution is 0.0672. The van der Waals surface area contributed by atoms with Crippen molar-refractivity contribution in [2.75, 3.05) is 46.4 Å². The zero-order chi connectivity index (χ0) is 18.5. The first-order valence-electron chi connectivity index (χ1n) is 9.65. The van der Waals surface area contributed by atoms with Crippen LogP contribution in [-0.2, 0) is 0 Å². The van der Waals surface area contributed by atoms with Gasteiger partial charge in [0, 0.05) is 25.2 Å². The average Bonchev–Trinajstić information content (AvgIpc) is 2.66. The maximum atomic E-state index is 12.9. The molecule has 5 nitrogen and oxygen atoms in total. The number of hydrogen-bond donors (Lipinski definition) is 0. The number of carbonyl (C=O) groups excluding carboxylic acids is 1. The number of piperidine rings is 1. The standard InChI is InChI=1S/C20H29ClN2O3/c1-3-4-7-22(2)14-15-5-8-23(9-6-15)20(24)16-12-17(21)19-18(13-16)25-10-11-26-19/h12-13,15H,3-11,14H2,1-2H3. The molecule has 2 aliphatic heterocycles. The van der Waals surface area contributed by atoms with E-state index in [4.69, 9.17) is 21.1 Å². The van der Waals surface area contributed by atoms with E-state index < -0.39 is 0 Å². The fourth-order valence-electron chi connectivity index (χ4n) is 3.70. The number of rotatable bonds is 6. The van der Waals surface area contributed by atoms with E-state index >= 15 is 0 Å². The molecule has 0 aromatic heterocycles. The Labute approximate surface area is 161 Å². The largest absolute Gasteiger partial charge is 0.486 e. The number of ether oxygens (including phenoxy) is 2. The van der Waals surface area contributed by atoms with E-state index in [1.165, 1.54) is 12.8 Å². The van der Waals surface area contributed by atoms with Gasteiger partial charge in [-0.15, -0.1) is 0 Å². The third-order valence-electron chi connectivity index (χ3n) is 5.21. The molecule has 0 unspecified atom stereocenters. The molecule has 1 fully saturated rings. The molecule has 0 atom stereocenters. The zero-order valence-electron chi connectivity index (χ0n) is 15.8. The highest BCUT2D eigenvalue weighted by atomic mass is 35.5. The maximum absolute atomic E-state index is 12.9. The number of halogens is 1. The molecule has 0 saturated carbocycles. The second kappa shape index (κ2) is 8.96. The molecule has 2 heterocycles. The summed E-state index contributed by atoms with van der Waals surface area (Å²) >= 11 is 6.27. The molecule has 0 radical (unpaired) electrons. The SMILES string of the molecule is CCCCN(C)CC1CCN(C(=O)c2cc(Cl)c3c(c2)OCCO3)CC1. The summed E-state index contributed by atoms with van der Waals surface area (Å²) in [5, 5.41) is 0.443. The van der Waals surface area contributed by atoms with Crippen molar-refractivity contribution < 1.29 is 14.3 Å². The fourth-order valence-corrected chi connectivity index (χ4v) is 3.96. The number of nitrogens with zero attached hydrogens (tertiary/aromatic N) is 2. The Morgan fingerprint density at radius 2 is 2.00 bits per heavy atom. The summed E-state index contributed by atoms with van der Waals surface area (Å²) in [6.45, 7) is 7.08. The molecule has 0 spiro atoms. The maximum Gasteiger partial charge on any atom is 0.254 e. The van der Waals surface area contributed by atoms with Crippen molar-refractivity contribution in [3.8, 4) is 11.5 Å². The fraction of sp³-hybridized carbons (Fsp3) is 0.650. The van der Waals surface area contributed by atoms with Crippen molar-refractivity contribution in [3.05, 3.63) is 22.7 Å². The Kier molecular flexibility index (Phi) is 6.65. The van der Waals surface area contributed by atoms with Gasteiger partial charge < -0.3 is 19.3 Å². The van der Waals surface area contributed by atoms with Crippen LogP contribution in [0.3, 0.4) is 0 Å². The highest BCUT2D eigenvalue weighted by Gasteiger charge is 2.26. The van der Waals surface area contributed by atoms with E-state index in [1.54, 1.807) is 12.1 Å². The van der Waals surface area contributed by atoms with Crippen LogP contribution in [0.15, 0.2) is 12.1 Å². The minimum atomic E-state index is 0.0293. The Balaban J connectivity index is 1.56. The van der Waals surface area contributed by atoms with E-state index in [0.717, 1.165) is 39.0 Å². The topological polar surface area (TPSA) is 42.0 Å². The molecule has 1 amide bonds. The lowest BCUT2D eigenvalue weighted by Gasteiger charge is -2.34. The average molecular weight is 381 g/mol. The number of benzene rings is 1.